The number of nitrogens with one attached hydrogen (secondary N) is 1. The maximum absolute atomic E-state index is 12.6. The number of rotatable bonds is 5. The number of ether oxygens (including phenoxy) is 2. The van der Waals surface area contributed by atoms with Gasteiger partial charge in [-0.05, 0) is 36.4 Å². The molecular weight excluding hydrogens is 400 g/mol. The zero-order chi connectivity index (χ0) is 20.5. The fraction of sp³-hybridized carbons (Fsp3) is 0.364. The van der Waals surface area contributed by atoms with Crippen LogP contribution < -0.4 is 19.9 Å². The molecule has 2 aromatic carbocycles. The van der Waals surface area contributed by atoms with Crippen molar-refractivity contribution in [3.05, 3.63) is 42.5 Å². The quantitative estimate of drug-likeness (QED) is 0.678. The lowest BCUT2D eigenvalue weighted by Crippen LogP contribution is -2.52. The standard InChI is InChI=1S/C22H24N4O3S/c1-28-18-6-7-20-19(12-18)24-22(30-20)26-13-15(14-26)21(27)23-16-2-4-17(5-3-16)25-8-10-29-11-9-25/h2-7,12,15H,8-11,13-14H2,1H3,(H,23,27). The molecule has 0 radical (unpaired) electrons. The van der Waals surface area contributed by atoms with Gasteiger partial charge in [0.1, 0.15) is 5.75 Å². The smallest absolute Gasteiger partial charge is 0.231 e. The first-order valence-corrected chi connectivity index (χ1v) is 10.9. The molecule has 0 unspecified atom stereocenters. The second-order valence-electron chi connectivity index (χ2n) is 7.57. The highest BCUT2D eigenvalue weighted by Gasteiger charge is 2.34. The SMILES string of the molecule is COc1ccc2sc(N3CC(C(=O)Nc4ccc(N5CCOCC5)cc4)C3)nc2c1. The maximum Gasteiger partial charge on any atom is 0.231 e. The Hall–Kier alpha value is -2.84. The van der Waals surface area contributed by atoms with Crippen LogP contribution in [0.2, 0.25) is 0 Å². The minimum absolute atomic E-state index is 0.0227. The van der Waals surface area contributed by atoms with Crippen molar-refractivity contribution in [3.63, 3.8) is 0 Å². The first kappa shape index (κ1) is 19.1. The van der Waals surface area contributed by atoms with Crippen LogP contribution >= 0.6 is 11.3 Å². The predicted octanol–water partition coefficient (Wildman–Crippen LogP) is 3.22. The molecule has 2 aliphatic heterocycles. The van der Waals surface area contributed by atoms with Crippen molar-refractivity contribution < 1.29 is 14.3 Å². The van der Waals surface area contributed by atoms with E-state index in [-0.39, 0.29) is 11.8 Å². The molecule has 0 atom stereocenters. The van der Waals surface area contributed by atoms with Crippen LogP contribution in [0.3, 0.4) is 0 Å². The second-order valence-corrected chi connectivity index (χ2v) is 8.58. The van der Waals surface area contributed by atoms with E-state index in [1.165, 1.54) is 5.69 Å². The van der Waals surface area contributed by atoms with Crippen molar-refractivity contribution in [2.45, 2.75) is 0 Å². The Kier molecular flexibility index (Phi) is 5.18. The van der Waals surface area contributed by atoms with Gasteiger partial charge in [0.15, 0.2) is 5.13 Å². The van der Waals surface area contributed by atoms with E-state index in [1.807, 2.05) is 30.3 Å². The van der Waals surface area contributed by atoms with Gasteiger partial charge in [-0.15, -0.1) is 0 Å². The molecule has 7 nitrogen and oxygen atoms in total. The molecule has 1 aromatic heterocycles. The highest BCUT2D eigenvalue weighted by atomic mass is 32.1. The summed E-state index contributed by atoms with van der Waals surface area (Å²) < 4.78 is 11.8. The summed E-state index contributed by atoms with van der Waals surface area (Å²) in [5.74, 6) is 0.846. The summed E-state index contributed by atoms with van der Waals surface area (Å²) >= 11 is 1.65. The average molecular weight is 425 g/mol. The third-order valence-electron chi connectivity index (χ3n) is 5.62. The lowest BCUT2D eigenvalue weighted by Gasteiger charge is -2.38. The van der Waals surface area contributed by atoms with Crippen LogP contribution in [0.5, 0.6) is 5.75 Å². The van der Waals surface area contributed by atoms with Crippen molar-refractivity contribution in [1.29, 1.82) is 0 Å². The number of carbonyl (C=O) groups is 1. The zero-order valence-electron chi connectivity index (χ0n) is 16.8. The van der Waals surface area contributed by atoms with E-state index in [9.17, 15) is 4.79 Å². The number of anilines is 3. The number of nitrogens with zero attached hydrogens (tertiary/aromatic N) is 3. The molecule has 156 valence electrons. The first-order valence-electron chi connectivity index (χ1n) is 10.1. The van der Waals surface area contributed by atoms with E-state index in [1.54, 1.807) is 18.4 Å². The van der Waals surface area contributed by atoms with Crippen LogP contribution in [-0.2, 0) is 9.53 Å². The average Bonchev–Trinajstić information content (AvgIpc) is 3.16. The molecule has 3 aromatic rings. The van der Waals surface area contributed by atoms with Crippen molar-refractivity contribution in [2.75, 3.05) is 61.6 Å². The Labute approximate surface area is 179 Å². The molecule has 1 amide bonds. The lowest BCUT2D eigenvalue weighted by atomic mass is 10.00. The molecule has 0 saturated carbocycles. The topological polar surface area (TPSA) is 66.9 Å². The highest BCUT2D eigenvalue weighted by molar-refractivity contribution is 7.22. The minimum atomic E-state index is -0.0227. The zero-order valence-corrected chi connectivity index (χ0v) is 17.7. The van der Waals surface area contributed by atoms with Gasteiger partial charge in [0.2, 0.25) is 5.91 Å². The molecule has 0 aliphatic carbocycles. The number of hydrogen-bond donors (Lipinski definition) is 1. The molecular formula is C22H24N4O3S. The largest absolute Gasteiger partial charge is 0.497 e. The van der Waals surface area contributed by atoms with E-state index in [0.717, 1.165) is 53.1 Å². The number of carbonyl (C=O) groups excluding carboxylic acids is 1. The fourth-order valence-corrected chi connectivity index (χ4v) is 4.74. The first-order chi connectivity index (χ1) is 14.7. The minimum Gasteiger partial charge on any atom is -0.497 e. The fourth-order valence-electron chi connectivity index (χ4n) is 3.78. The van der Waals surface area contributed by atoms with Crippen molar-refractivity contribution in [1.82, 2.24) is 4.98 Å². The van der Waals surface area contributed by atoms with E-state index in [2.05, 4.69) is 27.2 Å². The monoisotopic (exact) mass is 424 g/mol. The van der Waals surface area contributed by atoms with Crippen LogP contribution in [0.4, 0.5) is 16.5 Å². The Balaban J connectivity index is 1.17. The number of fused-ring (bicyclic) bond motifs is 1. The second kappa shape index (κ2) is 8.12. The Morgan fingerprint density at radius 3 is 2.63 bits per heavy atom. The van der Waals surface area contributed by atoms with Gasteiger partial charge >= 0.3 is 0 Å². The molecule has 8 heteroatoms. The predicted molar refractivity (Wildman–Crippen MR) is 120 cm³/mol. The number of methoxy groups -OCH3 is 1. The van der Waals surface area contributed by atoms with E-state index < -0.39 is 0 Å². The van der Waals surface area contributed by atoms with Crippen LogP contribution in [0.25, 0.3) is 10.2 Å². The number of amides is 1. The Morgan fingerprint density at radius 1 is 1.13 bits per heavy atom. The van der Waals surface area contributed by atoms with E-state index >= 15 is 0 Å². The van der Waals surface area contributed by atoms with Gasteiger partial charge in [-0.25, -0.2) is 4.98 Å². The van der Waals surface area contributed by atoms with Crippen LogP contribution in [0, 0.1) is 5.92 Å². The molecule has 0 bridgehead atoms. The summed E-state index contributed by atoms with van der Waals surface area (Å²) in [6.45, 7) is 4.71. The molecule has 1 N–H and O–H groups in total. The number of hydrogen-bond acceptors (Lipinski definition) is 7. The van der Waals surface area contributed by atoms with Crippen LogP contribution in [0.15, 0.2) is 42.5 Å². The molecule has 30 heavy (non-hydrogen) atoms. The Bertz CT molecular complexity index is 1040. The van der Waals surface area contributed by atoms with Crippen molar-refractivity contribution in [2.24, 2.45) is 5.92 Å². The number of morpholine rings is 1. The van der Waals surface area contributed by atoms with Crippen LogP contribution in [-0.4, -0.2) is 57.4 Å². The van der Waals surface area contributed by atoms with E-state index in [4.69, 9.17) is 14.5 Å². The van der Waals surface area contributed by atoms with Crippen LogP contribution in [0.1, 0.15) is 0 Å². The molecule has 0 spiro atoms. The van der Waals surface area contributed by atoms with Gasteiger partial charge < -0.3 is 24.6 Å². The molecule has 2 fully saturated rings. The number of benzene rings is 2. The molecule has 3 heterocycles. The van der Waals surface area contributed by atoms with Crippen molar-refractivity contribution in [3.8, 4) is 5.75 Å². The van der Waals surface area contributed by atoms with Gasteiger partial charge in [-0.3, -0.25) is 4.79 Å². The maximum atomic E-state index is 12.6. The van der Waals surface area contributed by atoms with Gasteiger partial charge in [0.05, 0.1) is 36.5 Å². The number of aromatic nitrogens is 1. The summed E-state index contributed by atoms with van der Waals surface area (Å²) in [5.41, 5.74) is 2.93. The normalized spacial score (nSPS) is 17.1. The number of thiazole rings is 1. The summed E-state index contributed by atoms with van der Waals surface area (Å²) in [7, 11) is 1.66. The van der Waals surface area contributed by atoms with Gasteiger partial charge in [-0.1, -0.05) is 11.3 Å². The van der Waals surface area contributed by atoms with Gasteiger partial charge in [0, 0.05) is 43.6 Å². The molecule has 5 rings (SSSR count). The molecule has 2 saturated heterocycles. The van der Waals surface area contributed by atoms with Gasteiger partial charge in [-0.2, -0.15) is 0 Å². The Morgan fingerprint density at radius 2 is 1.90 bits per heavy atom. The lowest BCUT2D eigenvalue weighted by molar-refractivity contribution is -0.120. The summed E-state index contributed by atoms with van der Waals surface area (Å²) in [4.78, 5) is 21.8. The van der Waals surface area contributed by atoms with Gasteiger partial charge in [0.25, 0.3) is 0 Å². The summed E-state index contributed by atoms with van der Waals surface area (Å²) in [5, 5.41) is 4.00. The van der Waals surface area contributed by atoms with Crippen molar-refractivity contribution >= 4 is 44.0 Å². The summed E-state index contributed by atoms with van der Waals surface area (Å²) in [6.07, 6.45) is 0. The highest BCUT2D eigenvalue weighted by Crippen LogP contribution is 2.34. The third-order valence-corrected chi connectivity index (χ3v) is 6.71. The summed E-state index contributed by atoms with van der Waals surface area (Å²) in [6, 6.07) is 14.0. The van der Waals surface area contributed by atoms with E-state index in [0.29, 0.717) is 13.1 Å². The molecule has 2 aliphatic rings. The third kappa shape index (κ3) is 3.80.